The van der Waals surface area contributed by atoms with Gasteiger partial charge in [0.15, 0.2) is 5.82 Å². The Bertz CT molecular complexity index is 2620. The molecule has 1 spiro atoms. The number of carbonyl (C=O) groups is 1. The van der Waals surface area contributed by atoms with Crippen molar-refractivity contribution >= 4 is 60.8 Å². The minimum atomic E-state index is -0.962. The maximum absolute atomic E-state index is 17.5. The Kier molecular flexibility index (Phi) is 8.94. The van der Waals surface area contributed by atoms with Crippen molar-refractivity contribution in [2.75, 3.05) is 50.0 Å². The van der Waals surface area contributed by atoms with E-state index < -0.39 is 23.3 Å². The van der Waals surface area contributed by atoms with Gasteiger partial charge in [0, 0.05) is 66.1 Å². The summed E-state index contributed by atoms with van der Waals surface area (Å²) in [6.07, 6.45) is 7.42. The van der Waals surface area contributed by atoms with Crippen LogP contribution in [-0.4, -0.2) is 92.4 Å². The number of nitrogens with two attached hydrogens (primary N) is 1. The highest BCUT2D eigenvalue weighted by Crippen LogP contribution is 2.62. The molecule has 5 aromatic rings. The maximum atomic E-state index is 17.5. The summed E-state index contributed by atoms with van der Waals surface area (Å²) in [6.45, 7) is 9.09. The third kappa shape index (κ3) is 5.90. The predicted octanol–water partition coefficient (Wildman–Crippen LogP) is 8.79. The first-order valence-corrected chi connectivity index (χ1v) is 21.6. The van der Waals surface area contributed by atoms with E-state index in [0.29, 0.717) is 43.8 Å². The van der Waals surface area contributed by atoms with Crippen molar-refractivity contribution in [2.45, 2.75) is 89.9 Å². The highest BCUT2D eigenvalue weighted by molar-refractivity contribution is 7.23. The molecule has 11 nitrogen and oxygen atoms in total. The molecule has 7 heterocycles. The zero-order valence-corrected chi connectivity index (χ0v) is 34.8. The number of aryl methyl sites for hydroxylation is 1. The van der Waals surface area contributed by atoms with Gasteiger partial charge in [-0.05, 0) is 82.0 Å². The molecule has 4 atom stereocenters. The van der Waals surface area contributed by atoms with Gasteiger partial charge < -0.3 is 20.3 Å². The number of carbonyl (C=O) groups excluding carboxylic acids is 1. The van der Waals surface area contributed by atoms with E-state index in [9.17, 15) is 14.4 Å². The van der Waals surface area contributed by atoms with E-state index in [-0.39, 0.29) is 77.8 Å². The topological polar surface area (TPSA) is 129 Å². The van der Waals surface area contributed by atoms with E-state index in [1.165, 1.54) is 12.1 Å². The SMILES string of the molecule is Cc1ncn(C(=O)N2C[C@]3(CCCCN(c4nc(OC[C@@]56CCCN5C[C@H](F)C6)nc5c(F)c(-c6ccc(F)c7sc(N)c(C#N)c67)c(Cl)cc45)C3)[C@H]2C2(C)CC2)c1C. The number of hydrogen-bond donors (Lipinski definition) is 1. The minimum absolute atomic E-state index is 0.0299. The molecule has 2 aromatic carbocycles. The number of halogens is 4. The Morgan fingerprint density at radius 2 is 1.93 bits per heavy atom. The van der Waals surface area contributed by atoms with Gasteiger partial charge in [-0.25, -0.2) is 22.9 Å². The lowest BCUT2D eigenvalue weighted by Crippen LogP contribution is -2.72. The van der Waals surface area contributed by atoms with Crippen LogP contribution in [0.3, 0.4) is 0 Å². The standard InChI is InChI=1S/C43H45ClF3N9O2S/c1-23-24(2)56(22-50-23)40(57)55-20-42(38(55)41(3)11-12-41)9-4-5-13-53(19-42)37-27-15-29(44)32(26-7-8-30(46)35-31(26)28(17-48)36(49)59-35)33(47)34(27)51-39(52-37)58-21-43-10-6-14-54(43)18-25(45)16-43/h7-8,15,22,25,38H,4-6,9-14,16,18-21,49H2,1-3H3/t25-,38-,42-,43+/m1/s1. The van der Waals surface area contributed by atoms with Crippen molar-refractivity contribution in [3.8, 4) is 23.2 Å². The van der Waals surface area contributed by atoms with Crippen molar-refractivity contribution in [3.05, 3.63) is 58.1 Å². The smallest absolute Gasteiger partial charge is 0.329 e. The molecule has 10 rings (SSSR count). The van der Waals surface area contributed by atoms with Crippen LogP contribution in [-0.2, 0) is 0 Å². The third-order valence-corrected chi connectivity index (χ3v) is 15.5. The second-order valence-electron chi connectivity index (χ2n) is 17.9. The number of ether oxygens (including phenoxy) is 1. The molecule has 3 aromatic heterocycles. The van der Waals surface area contributed by atoms with Gasteiger partial charge in [-0.2, -0.15) is 15.2 Å². The number of alkyl halides is 1. The zero-order valence-electron chi connectivity index (χ0n) is 33.3. The number of hydrogen-bond acceptors (Lipinski definition) is 10. The molecule has 4 aliphatic heterocycles. The fourth-order valence-corrected chi connectivity index (χ4v) is 12.3. The molecule has 1 amide bonds. The van der Waals surface area contributed by atoms with E-state index in [1.807, 2.05) is 18.7 Å². The van der Waals surface area contributed by atoms with Crippen LogP contribution in [0, 0.1) is 47.6 Å². The summed E-state index contributed by atoms with van der Waals surface area (Å²) >= 11 is 7.98. The molecule has 308 valence electrons. The van der Waals surface area contributed by atoms with Crippen LogP contribution in [0.1, 0.15) is 75.2 Å². The number of aromatic nitrogens is 4. The lowest BCUT2D eigenvalue weighted by Gasteiger charge is -2.61. The van der Waals surface area contributed by atoms with Crippen LogP contribution in [0.15, 0.2) is 24.5 Å². The molecule has 0 bridgehead atoms. The van der Waals surface area contributed by atoms with Crippen molar-refractivity contribution in [1.29, 1.82) is 5.26 Å². The largest absolute Gasteiger partial charge is 0.461 e. The van der Waals surface area contributed by atoms with Crippen LogP contribution < -0.4 is 15.4 Å². The van der Waals surface area contributed by atoms with E-state index in [4.69, 9.17) is 32.0 Å². The number of rotatable bonds is 6. The van der Waals surface area contributed by atoms with Gasteiger partial charge in [0.2, 0.25) is 0 Å². The molecule has 4 saturated heterocycles. The second kappa shape index (κ2) is 13.7. The van der Waals surface area contributed by atoms with E-state index in [2.05, 4.69) is 27.8 Å². The summed E-state index contributed by atoms with van der Waals surface area (Å²) in [4.78, 5) is 34.6. The lowest BCUT2D eigenvalue weighted by molar-refractivity contribution is -0.0760. The highest BCUT2D eigenvalue weighted by atomic mass is 35.5. The molecule has 16 heteroatoms. The maximum Gasteiger partial charge on any atom is 0.329 e. The molecular formula is C43H45ClF3N9O2S. The summed E-state index contributed by atoms with van der Waals surface area (Å²) in [5, 5.41) is 10.8. The number of fused-ring (bicyclic) bond motifs is 3. The number of likely N-dealkylation sites (tertiary alicyclic amines) is 1. The summed E-state index contributed by atoms with van der Waals surface area (Å²) < 4.78 is 55.7. The molecular weight excluding hydrogens is 799 g/mol. The number of anilines is 2. The number of nitriles is 1. The van der Waals surface area contributed by atoms with E-state index in [0.717, 1.165) is 74.2 Å². The Balaban J connectivity index is 1.09. The average Bonchev–Trinajstić information content (AvgIpc) is 3.36. The number of thiophene rings is 1. The first-order chi connectivity index (χ1) is 28.3. The van der Waals surface area contributed by atoms with Gasteiger partial charge in [-0.1, -0.05) is 31.0 Å². The second-order valence-corrected chi connectivity index (χ2v) is 19.3. The van der Waals surface area contributed by atoms with Gasteiger partial charge in [-0.15, -0.1) is 11.3 Å². The van der Waals surface area contributed by atoms with Crippen LogP contribution in [0.5, 0.6) is 6.01 Å². The molecule has 0 radical (unpaired) electrons. The number of amides is 1. The summed E-state index contributed by atoms with van der Waals surface area (Å²) in [5.74, 6) is -0.893. The van der Waals surface area contributed by atoms with Crippen molar-refractivity contribution in [3.63, 3.8) is 0 Å². The number of nitrogen functional groups attached to an aromatic ring is 1. The van der Waals surface area contributed by atoms with Crippen molar-refractivity contribution < 1.29 is 22.7 Å². The van der Waals surface area contributed by atoms with Gasteiger partial charge >= 0.3 is 12.0 Å². The van der Waals surface area contributed by atoms with Gasteiger partial charge in [0.05, 0.1) is 26.5 Å². The monoisotopic (exact) mass is 843 g/mol. The number of nitrogens with zero attached hydrogens (tertiary/aromatic N) is 8. The van der Waals surface area contributed by atoms with Crippen LogP contribution in [0.25, 0.3) is 32.1 Å². The Morgan fingerprint density at radius 1 is 1.12 bits per heavy atom. The van der Waals surface area contributed by atoms with E-state index >= 15 is 8.78 Å². The first kappa shape index (κ1) is 38.5. The van der Waals surface area contributed by atoms with Crippen LogP contribution >= 0.6 is 22.9 Å². The summed E-state index contributed by atoms with van der Waals surface area (Å²) in [6, 6.07) is 6.20. The van der Waals surface area contributed by atoms with E-state index in [1.54, 1.807) is 17.0 Å². The Hall–Kier alpha value is -4.65. The Morgan fingerprint density at radius 3 is 2.68 bits per heavy atom. The number of imidazole rings is 1. The van der Waals surface area contributed by atoms with Crippen molar-refractivity contribution in [2.24, 2.45) is 10.8 Å². The molecule has 2 N–H and O–H groups in total. The number of benzene rings is 2. The fourth-order valence-electron chi connectivity index (χ4n) is 11.0. The quantitative estimate of drug-likeness (QED) is 0.178. The van der Waals surface area contributed by atoms with Crippen LogP contribution in [0.2, 0.25) is 5.02 Å². The minimum Gasteiger partial charge on any atom is -0.461 e. The predicted molar refractivity (Wildman–Crippen MR) is 222 cm³/mol. The normalized spacial score (nSPS) is 26.3. The fraction of sp³-hybridized carbons (Fsp3) is 0.512. The highest BCUT2D eigenvalue weighted by Gasteiger charge is 2.65. The average molecular weight is 844 g/mol. The van der Waals surface area contributed by atoms with Gasteiger partial charge in [0.25, 0.3) is 0 Å². The lowest BCUT2D eigenvalue weighted by atomic mass is 9.63. The Labute approximate surface area is 348 Å². The zero-order chi connectivity index (χ0) is 41.2. The molecule has 5 fully saturated rings. The molecule has 1 saturated carbocycles. The third-order valence-electron chi connectivity index (χ3n) is 14.2. The summed E-state index contributed by atoms with van der Waals surface area (Å²) in [5.41, 5.74) is 7.17. The molecule has 5 aliphatic rings. The van der Waals surface area contributed by atoms with Crippen LogP contribution in [0.4, 0.5) is 28.8 Å². The molecule has 0 unspecified atom stereocenters. The van der Waals surface area contributed by atoms with Gasteiger partial charge in [-0.3, -0.25) is 9.47 Å². The summed E-state index contributed by atoms with van der Waals surface area (Å²) in [7, 11) is 0. The van der Waals surface area contributed by atoms with Gasteiger partial charge in [0.1, 0.15) is 47.3 Å². The first-order valence-electron chi connectivity index (χ1n) is 20.5. The molecule has 1 aliphatic carbocycles. The van der Waals surface area contributed by atoms with Crippen molar-refractivity contribution in [1.82, 2.24) is 29.3 Å². The molecule has 59 heavy (non-hydrogen) atoms.